The van der Waals surface area contributed by atoms with Gasteiger partial charge in [-0.1, -0.05) is 22.0 Å². The van der Waals surface area contributed by atoms with Crippen molar-refractivity contribution in [3.8, 4) is 0 Å². The van der Waals surface area contributed by atoms with Gasteiger partial charge in [-0.25, -0.2) is 4.98 Å². The van der Waals surface area contributed by atoms with Gasteiger partial charge in [-0.2, -0.15) is 5.11 Å². The van der Waals surface area contributed by atoms with Gasteiger partial charge in [0.25, 0.3) is 0 Å². The lowest BCUT2D eigenvalue weighted by molar-refractivity contribution is 0.405. The van der Waals surface area contributed by atoms with E-state index in [0.717, 1.165) is 34.8 Å². The SMILES string of the molecule is CN(C)CCCNc1ncc2ccc(Br)cc2c1/N=N/c1ccc(C(=N)N)cc1. The number of rotatable bonds is 8. The quantitative estimate of drug-likeness (QED) is 0.192. The number of hydrogen-bond acceptors (Lipinski definition) is 6. The number of hydrogen-bond donors (Lipinski definition) is 3. The van der Waals surface area contributed by atoms with Crippen LogP contribution in [0.4, 0.5) is 17.2 Å². The molecule has 0 spiro atoms. The van der Waals surface area contributed by atoms with Gasteiger partial charge >= 0.3 is 0 Å². The van der Waals surface area contributed by atoms with Crippen LogP contribution in [0.5, 0.6) is 0 Å². The van der Waals surface area contributed by atoms with Gasteiger partial charge < -0.3 is 16.0 Å². The van der Waals surface area contributed by atoms with Crippen LogP contribution in [0.1, 0.15) is 12.0 Å². The van der Waals surface area contributed by atoms with Crippen LogP contribution in [-0.2, 0) is 0 Å². The maximum Gasteiger partial charge on any atom is 0.154 e. The first-order chi connectivity index (χ1) is 13.9. The van der Waals surface area contributed by atoms with Crippen molar-refractivity contribution in [3.63, 3.8) is 0 Å². The number of aromatic nitrogens is 1. The Labute approximate surface area is 178 Å². The zero-order valence-electron chi connectivity index (χ0n) is 16.5. The Kier molecular flexibility index (Phi) is 6.90. The first-order valence-electron chi connectivity index (χ1n) is 9.27. The van der Waals surface area contributed by atoms with Gasteiger partial charge in [0.1, 0.15) is 11.5 Å². The van der Waals surface area contributed by atoms with E-state index in [1.54, 1.807) is 24.3 Å². The molecule has 0 aliphatic heterocycles. The molecular formula is C21H24BrN7. The fraction of sp³-hybridized carbons (Fsp3) is 0.238. The number of pyridine rings is 1. The molecule has 150 valence electrons. The van der Waals surface area contributed by atoms with Crippen molar-refractivity contribution in [1.82, 2.24) is 9.88 Å². The number of anilines is 1. The molecule has 0 radical (unpaired) electrons. The highest BCUT2D eigenvalue weighted by molar-refractivity contribution is 9.10. The lowest BCUT2D eigenvalue weighted by atomic mass is 10.1. The lowest BCUT2D eigenvalue weighted by Gasteiger charge is -2.12. The number of amidine groups is 1. The molecule has 8 heteroatoms. The predicted octanol–water partition coefficient (Wildman–Crippen LogP) is 5.06. The molecule has 0 unspecified atom stereocenters. The van der Waals surface area contributed by atoms with E-state index < -0.39 is 0 Å². The topological polar surface area (TPSA) is 103 Å². The number of fused-ring (bicyclic) bond motifs is 1. The molecule has 1 aromatic heterocycles. The van der Waals surface area contributed by atoms with E-state index in [9.17, 15) is 0 Å². The maximum atomic E-state index is 7.49. The van der Waals surface area contributed by atoms with Crippen molar-refractivity contribution in [2.24, 2.45) is 16.0 Å². The standard InChI is InChI=1S/C21H24BrN7/c1-29(2)11-3-10-25-21-19(18-12-16(22)7-4-15(18)13-26-21)28-27-17-8-5-14(6-9-17)20(23)24/h4-9,12-13H,3,10-11H2,1-2H3,(H3,23,24)(H,25,26)/b28-27+. The Hall–Kier alpha value is -2.84. The predicted molar refractivity (Wildman–Crippen MR) is 123 cm³/mol. The zero-order valence-corrected chi connectivity index (χ0v) is 18.1. The van der Waals surface area contributed by atoms with Crippen LogP contribution in [0.25, 0.3) is 10.8 Å². The van der Waals surface area contributed by atoms with E-state index >= 15 is 0 Å². The molecule has 29 heavy (non-hydrogen) atoms. The van der Waals surface area contributed by atoms with Crippen molar-refractivity contribution < 1.29 is 0 Å². The number of nitrogens with two attached hydrogens (primary N) is 1. The van der Waals surface area contributed by atoms with Crippen molar-refractivity contribution in [2.45, 2.75) is 6.42 Å². The van der Waals surface area contributed by atoms with Crippen LogP contribution in [0.2, 0.25) is 0 Å². The Bertz CT molecular complexity index is 1030. The third kappa shape index (κ3) is 5.58. The molecule has 2 aromatic carbocycles. The van der Waals surface area contributed by atoms with E-state index in [-0.39, 0.29) is 5.84 Å². The van der Waals surface area contributed by atoms with E-state index in [0.29, 0.717) is 22.8 Å². The summed E-state index contributed by atoms with van der Waals surface area (Å²) in [6, 6.07) is 13.1. The number of benzene rings is 2. The van der Waals surface area contributed by atoms with Crippen molar-refractivity contribution in [1.29, 1.82) is 5.41 Å². The summed E-state index contributed by atoms with van der Waals surface area (Å²) >= 11 is 3.54. The fourth-order valence-corrected chi connectivity index (χ4v) is 3.18. The molecule has 0 bridgehead atoms. The van der Waals surface area contributed by atoms with Gasteiger partial charge in [-0.15, -0.1) is 5.11 Å². The molecule has 0 atom stereocenters. The highest BCUT2D eigenvalue weighted by Gasteiger charge is 2.10. The summed E-state index contributed by atoms with van der Waals surface area (Å²) in [5.41, 5.74) is 7.54. The largest absolute Gasteiger partial charge is 0.384 e. The molecule has 4 N–H and O–H groups in total. The summed E-state index contributed by atoms with van der Waals surface area (Å²) in [7, 11) is 4.12. The second kappa shape index (κ2) is 9.58. The van der Waals surface area contributed by atoms with Crippen LogP contribution >= 0.6 is 15.9 Å². The monoisotopic (exact) mass is 453 g/mol. The fourth-order valence-electron chi connectivity index (χ4n) is 2.82. The smallest absolute Gasteiger partial charge is 0.154 e. The van der Waals surface area contributed by atoms with E-state index in [1.807, 2.05) is 24.4 Å². The van der Waals surface area contributed by atoms with E-state index in [2.05, 4.69) is 55.5 Å². The number of azo groups is 1. The molecule has 0 fully saturated rings. The van der Waals surface area contributed by atoms with E-state index in [4.69, 9.17) is 11.1 Å². The third-order valence-electron chi connectivity index (χ3n) is 4.35. The van der Waals surface area contributed by atoms with Gasteiger partial charge in [0.15, 0.2) is 5.82 Å². The minimum absolute atomic E-state index is 0.0285. The van der Waals surface area contributed by atoms with Crippen molar-refractivity contribution >= 4 is 49.7 Å². The Morgan fingerprint density at radius 2 is 1.93 bits per heavy atom. The molecule has 0 saturated carbocycles. The molecule has 3 rings (SSSR count). The number of nitrogens with one attached hydrogen (secondary N) is 2. The van der Waals surface area contributed by atoms with Crippen molar-refractivity contribution in [2.75, 3.05) is 32.5 Å². The van der Waals surface area contributed by atoms with Gasteiger partial charge in [0.2, 0.25) is 0 Å². The van der Waals surface area contributed by atoms with Gasteiger partial charge in [-0.3, -0.25) is 5.41 Å². The number of nitrogen functional groups attached to an aromatic ring is 1. The highest BCUT2D eigenvalue weighted by atomic mass is 79.9. The van der Waals surface area contributed by atoms with Gasteiger partial charge in [-0.05, 0) is 63.5 Å². The Balaban J connectivity index is 1.92. The van der Waals surface area contributed by atoms with Crippen LogP contribution in [0.15, 0.2) is 63.4 Å². The van der Waals surface area contributed by atoms with Gasteiger partial charge in [0, 0.05) is 33.6 Å². The second-order valence-electron chi connectivity index (χ2n) is 6.93. The number of nitrogens with zero attached hydrogens (tertiary/aromatic N) is 4. The normalized spacial score (nSPS) is 11.4. The summed E-state index contributed by atoms with van der Waals surface area (Å²) in [6.45, 7) is 1.78. The van der Waals surface area contributed by atoms with Gasteiger partial charge in [0.05, 0.1) is 5.69 Å². The number of halogens is 1. The molecule has 0 amide bonds. The molecule has 7 nitrogen and oxygen atoms in total. The zero-order chi connectivity index (χ0) is 20.8. The molecule has 0 aliphatic carbocycles. The average Bonchev–Trinajstić information content (AvgIpc) is 2.70. The second-order valence-corrected chi connectivity index (χ2v) is 7.85. The maximum absolute atomic E-state index is 7.49. The van der Waals surface area contributed by atoms with E-state index in [1.165, 1.54) is 0 Å². The third-order valence-corrected chi connectivity index (χ3v) is 4.84. The molecule has 3 aromatic rings. The molecule has 1 heterocycles. The molecule has 0 aliphatic rings. The summed E-state index contributed by atoms with van der Waals surface area (Å²) in [4.78, 5) is 6.72. The summed E-state index contributed by atoms with van der Waals surface area (Å²) in [6.07, 6.45) is 2.84. The molecule has 0 saturated heterocycles. The first-order valence-corrected chi connectivity index (χ1v) is 10.1. The summed E-state index contributed by atoms with van der Waals surface area (Å²) in [5, 5.41) is 21.7. The minimum atomic E-state index is 0.0285. The first kappa shape index (κ1) is 20.9. The Morgan fingerprint density at radius 1 is 1.17 bits per heavy atom. The van der Waals surface area contributed by atoms with Crippen LogP contribution in [0.3, 0.4) is 0 Å². The Morgan fingerprint density at radius 3 is 2.62 bits per heavy atom. The van der Waals surface area contributed by atoms with Crippen LogP contribution < -0.4 is 11.1 Å². The summed E-state index contributed by atoms with van der Waals surface area (Å²) in [5.74, 6) is 0.735. The highest BCUT2D eigenvalue weighted by Crippen LogP contribution is 2.35. The van der Waals surface area contributed by atoms with Crippen LogP contribution in [-0.4, -0.2) is 42.9 Å². The van der Waals surface area contributed by atoms with Crippen molar-refractivity contribution in [3.05, 3.63) is 58.7 Å². The average molecular weight is 454 g/mol. The van der Waals surface area contributed by atoms with Crippen LogP contribution in [0, 0.1) is 5.41 Å². The molecular weight excluding hydrogens is 430 g/mol. The summed E-state index contributed by atoms with van der Waals surface area (Å²) < 4.78 is 0.969. The lowest BCUT2D eigenvalue weighted by Crippen LogP contribution is -2.16. The minimum Gasteiger partial charge on any atom is -0.384 e.